The van der Waals surface area contributed by atoms with Gasteiger partial charge in [0, 0.05) is 57.1 Å². The van der Waals surface area contributed by atoms with Crippen molar-refractivity contribution in [3.8, 4) is 5.75 Å². The Hall–Kier alpha value is -2.91. The molecule has 0 N–H and O–H groups in total. The van der Waals surface area contributed by atoms with Gasteiger partial charge in [0.05, 0.1) is 19.8 Å². The van der Waals surface area contributed by atoms with Crippen LogP contribution in [0, 0.1) is 11.8 Å². The lowest BCUT2D eigenvalue weighted by atomic mass is 9.85. The van der Waals surface area contributed by atoms with Crippen molar-refractivity contribution >= 4 is 17.5 Å². The van der Waals surface area contributed by atoms with Crippen LogP contribution in [0.5, 0.6) is 5.75 Å². The van der Waals surface area contributed by atoms with Crippen LogP contribution in [0.4, 0.5) is 6.01 Å². The molecule has 4 aliphatic rings. The Kier molecular flexibility index (Phi) is 9.44. The Bertz CT molecular complexity index is 1190. The molecule has 42 heavy (non-hydrogen) atoms. The van der Waals surface area contributed by atoms with Crippen molar-refractivity contribution in [2.75, 3.05) is 64.0 Å². The number of piperidine rings is 2. The molecule has 1 unspecified atom stereocenters. The molecular weight excluding hydrogens is 530 g/mol. The van der Waals surface area contributed by atoms with E-state index in [9.17, 15) is 4.79 Å². The van der Waals surface area contributed by atoms with E-state index in [0.29, 0.717) is 23.9 Å². The quantitative estimate of drug-likeness (QED) is 0.434. The maximum Gasteiger partial charge on any atom is 0.324 e. The summed E-state index contributed by atoms with van der Waals surface area (Å²) in [6.07, 6.45) is 9.32. The third-order valence-electron chi connectivity index (χ3n) is 9.64. The third kappa shape index (κ3) is 7.00. The molecule has 1 aromatic heterocycles. The molecule has 4 heterocycles. The zero-order valence-electron chi connectivity index (χ0n) is 25.4. The van der Waals surface area contributed by atoms with Crippen LogP contribution in [0.3, 0.4) is 0 Å². The van der Waals surface area contributed by atoms with Gasteiger partial charge in [0.15, 0.2) is 5.82 Å². The number of rotatable bonds is 8. The van der Waals surface area contributed by atoms with Crippen molar-refractivity contribution in [1.82, 2.24) is 19.9 Å². The van der Waals surface area contributed by atoms with E-state index in [2.05, 4.69) is 69.0 Å². The second-order valence-electron chi connectivity index (χ2n) is 12.8. The number of benzene rings is 1. The summed E-state index contributed by atoms with van der Waals surface area (Å²) in [5, 5.41) is 4.10. The summed E-state index contributed by atoms with van der Waals surface area (Å²) in [7, 11) is 0. The minimum atomic E-state index is 0.125. The van der Waals surface area contributed by atoms with E-state index in [4.69, 9.17) is 14.0 Å². The maximum absolute atomic E-state index is 13.3. The zero-order chi connectivity index (χ0) is 28.9. The van der Waals surface area contributed by atoms with Crippen LogP contribution in [0.25, 0.3) is 5.57 Å². The summed E-state index contributed by atoms with van der Waals surface area (Å²) in [6, 6.07) is 9.77. The number of anilines is 1. The number of hydrogen-bond acceptors (Lipinski definition) is 8. The molecule has 6 rings (SSSR count). The summed E-state index contributed by atoms with van der Waals surface area (Å²) < 4.78 is 17.1. The number of carbonyl (C=O) groups excluding carboxylic acids is 1. The largest absolute Gasteiger partial charge is 0.493 e. The second-order valence-corrected chi connectivity index (χ2v) is 12.8. The first kappa shape index (κ1) is 29.2. The maximum atomic E-state index is 13.3. The van der Waals surface area contributed by atoms with Crippen LogP contribution in [0.15, 0.2) is 34.9 Å². The molecule has 2 aromatic rings. The van der Waals surface area contributed by atoms with Gasteiger partial charge in [-0.25, -0.2) is 0 Å². The average Bonchev–Trinajstić information content (AvgIpc) is 3.56. The van der Waals surface area contributed by atoms with Crippen molar-refractivity contribution in [2.45, 2.75) is 70.8 Å². The molecule has 1 atom stereocenters. The lowest BCUT2D eigenvalue weighted by molar-refractivity contribution is -0.137. The predicted octanol–water partition coefficient (Wildman–Crippen LogP) is 5.00. The summed E-state index contributed by atoms with van der Waals surface area (Å²) in [4.78, 5) is 24.7. The second kappa shape index (κ2) is 13.6. The van der Waals surface area contributed by atoms with E-state index in [0.717, 1.165) is 116 Å². The number of morpholine rings is 1. The first-order chi connectivity index (χ1) is 20.5. The van der Waals surface area contributed by atoms with Gasteiger partial charge in [-0.3, -0.25) is 9.69 Å². The Labute approximate surface area is 250 Å². The van der Waals surface area contributed by atoms with E-state index in [1.165, 1.54) is 11.1 Å². The van der Waals surface area contributed by atoms with Crippen LogP contribution >= 0.6 is 0 Å². The van der Waals surface area contributed by atoms with E-state index in [1.807, 2.05) is 0 Å². The van der Waals surface area contributed by atoms with Gasteiger partial charge in [0.25, 0.3) is 0 Å². The number of likely N-dealkylation sites (tertiary alicyclic amines) is 1. The topological polar surface area (TPSA) is 84.2 Å². The summed E-state index contributed by atoms with van der Waals surface area (Å²) in [5.41, 5.74) is 2.60. The van der Waals surface area contributed by atoms with Gasteiger partial charge in [0.1, 0.15) is 5.75 Å². The predicted molar refractivity (Wildman–Crippen MR) is 163 cm³/mol. The lowest BCUT2D eigenvalue weighted by Crippen LogP contribution is -2.51. The smallest absolute Gasteiger partial charge is 0.324 e. The molecule has 3 fully saturated rings. The Morgan fingerprint density at radius 3 is 2.36 bits per heavy atom. The van der Waals surface area contributed by atoms with Gasteiger partial charge in [-0.15, -0.1) is 0 Å². The number of carbonyl (C=O) groups is 1. The van der Waals surface area contributed by atoms with Crippen molar-refractivity contribution in [3.05, 3.63) is 41.7 Å². The van der Waals surface area contributed by atoms with Crippen LogP contribution in [0.2, 0.25) is 0 Å². The highest BCUT2D eigenvalue weighted by atomic mass is 16.5. The molecular formula is C33H47N5O4. The molecule has 1 aliphatic carbocycles. The highest BCUT2D eigenvalue weighted by Crippen LogP contribution is 2.33. The number of amides is 1. The molecule has 0 bridgehead atoms. The summed E-state index contributed by atoms with van der Waals surface area (Å²) in [5.74, 6) is 2.97. The highest BCUT2D eigenvalue weighted by molar-refractivity contribution is 5.81. The first-order valence-electron chi connectivity index (χ1n) is 16.1. The van der Waals surface area contributed by atoms with Gasteiger partial charge >= 0.3 is 6.01 Å². The molecule has 1 aromatic carbocycles. The monoisotopic (exact) mass is 577 g/mol. The Morgan fingerprint density at radius 1 is 0.976 bits per heavy atom. The van der Waals surface area contributed by atoms with Crippen molar-refractivity contribution in [3.63, 3.8) is 0 Å². The van der Waals surface area contributed by atoms with Gasteiger partial charge < -0.3 is 23.8 Å². The molecule has 3 saturated heterocycles. The Morgan fingerprint density at radius 2 is 1.71 bits per heavy atom. The Balaban J connectivity index is 0.920. The number of nitrogens with zero attached hydrogens (tertiary/aromatic N) is 5. The SMILES string of the molecule is CC(C)c1noc(N2CCC(COc3ccc(C4=CCC(C(=O)N5CCC(N6CCOCC6)CC5)CC4)cc3)CC2)n1. The minimum absolute atomic E-state index is 0.125. The number of aromatic nitrogens is 2. The van der Waals surface area contributed by atoms with Gasteiger partial charge in [-0.1, -0.05) is 37.2 Å². The highest BCUT2D eigenvalue weighted by Gasteiger charge is 2.32. The summed E-state index contributed by atoms with van der Waals surface area (Å²) >= 11 is 0. The van der Waals surface area contributed by atoms with Gasteiger partial charge in [-0.05, 0) is 74.1 Å². The molecule has 0 saturated carbocycles. The fourth-order valence-corrected chi connectivity index (χ4v) is 6.83. The van der Waals surface area contributed by atoms with Gasteiger partial charge in [0.2, 0.25) is 5.91 Å². The fourth-order valence-electron chi connectivity index (χ4n) is 6.83. The molecule has 0 spiro atoms. The summed E-state index contributed by atoms with van der Waals surface area (Å²) in [6.45, 7) is 12.2. The van der Waals surface area contributed by atoms with Crippen LogP contribution in [-0.2, 0) is 9.53 Å². The molecule has 9 heteroatoms. The molecule has 0 radical (unpaired) electrons. The van der Waals surface area contributed by atoms with E-state index in [-0.39, 0.29) is 11.8 Å². The van der Waals surface area contributed by atoms with Crippen molar-refractivity contribution < 1.29 is 18.8 Å². The lowest BCUT2D eigenvalue weighted by Gasteiger charge is -2.41. The molecule has 9 nitrogen and oxygen atoms in total. The first-order valence-corrected chi connectivity index (χ1v) is 16.1. The number of ether oxygens (including phenoxy) is 2. The third-order valence-corrected chi connectivity index (χ3v) is 9.64. The van der Waals surface area contributed by atoms with E-state index >= 15 is 0 Å². The van der Waals surface area contributed by atoms with Crippen LogP contribution in [-0.4, -0.2) is 91.0 Å². The molecule has 3 aliphatic heterocycles. The standard InChI is InChI=1S/C33H47N5O4/c1-24(2)31-34-33(42-35-31)38-15-11-25(12-16-38)23-41-30-9-7-27(8-10-30)26-3-5-28(6-4-26)32(39)37-17-13-29(14-18-37)36-19-21-40-22-20-36/h3,7-10,24-25,28-29H,4-6,11-23H2,1-2H3. The minimum Gasteiger partial charge on any atom is -0.493 e. The molecule has 228 valence electrons. The van der Waals surface area contributed by atoms with Crippen LogP contribution in [0.1, 0.15) is 76.1 Å². The van der Waals surface area contributed by atoms with E-state index in [1.54, 1.807) is 0 Å². The van der Waals surface area contributed by atoms with Crippen molar-refractivity contribution in [2.24, 2.45) is 11.8 Å². The zero-order valence-corrected chi connectivity index (χ0v) is 25.4. The molecule has 1 amide bonds. The fraction of sp³-hybridized carbons (Fsp3) is 0.667. The van der Waals surface area contributed by atoms with E-state index < -0.39 is 0 Å². The van der Waals surface area contributed by atoms with Crippen molar-refractivity contribution in [1.29, 1.82) is 0 Å². The van der Waals surface area contributed by atoms with Gasteiger partial charge in [-0.2, -0.15) is 4.98 Å². The number of allylic oxidation sites excluding steroid dienone is 2. The average molecular weight is 578 g/mol. The normalized spacial score (nSPS) is 23.3. The van der Waals surface area contributed by atoms with Crippen LogP contribution < -0.4 is 9.64 Å². The number of hydrogen-bond donors (Lipinski definition) is 0.